The molecule has 224 valence electrons. The Labute approximate surface area is 246 Å². The maximum Gasteiger partial charge on any atom is 0.256 e. The molecular formula is C31H29F2N3O7. The van der Waals surface area contributed by atoms with Gasteiger partial charge in [0, 0.05) is 37.7 Å². The third-order valence-corrected chi connectivity index (χ3v) is 7.95. The third-order valence-electron chi connectivity index (χ3n) is 7.95. The van der Waals surface area contributed by atoms with Crippen LogP contribution in [0.4, 0.5) is 8.78 Å². The molecule has 43 heavy (non-hydrogen) atoms. The smallest absolute Gasteiger partial charge is 0.256 e. The van der Waals surface area contributed by atoms with Gasteiger partial charge in [0.1, 0.15) is 6.61 Å². The van der Waals surface area contributed by atoms with Gasteiger partial charge in [0.25, 0.3) is 11.8 Å². The minimum atomic E-state index is -1.23. The number of halogens is 2. The molecule has 3 aromatic rings. The van der Waals surface area contributed by atoms with Crippen molar-refractivity contribution in [2.24, 2.45) is 5.92 Å². The van der Waals surface area contributed by atoms with Gasteiger partial charge in [0.05, 0.1) is 25.1 Å². The Balaban J connectivity index is 1.27. The Morgan fingerprint density at radius 1 is 0.884 bits per heavy atom. The number of rotatable bonds is 3. The lowest BCUT2D eigenvalue weighted by atomic mass is 9.88. The Morgan fingerprint density at radius 2 is 1.70 bits per heavy atom. The molecule has 2 atom stereocenters. The number of amides is 3. The molecule has 3 aliphatic heterocycles. The summed E-state index contributed by atoms with van der Waals surface area (Å²) in [5.74, 6) is -2.91. The SMILES string of the molecule is COc1ccc2cc1OCCN(C(=O)c1ccc3c(c1)OCO3)CCNC(=O)[C@H]1CN(C(=O)c3cccc(F)c3F)C[C@H]21. The monoisotopic (exact) mass is 593 g/mol. The van der Waals surface area contributed by atoms with Crippen LogP contribution in [-0.2, 0) is 4.79 Å². The van der Waals surface area contributed by atoms with Crippen LogP contribution in [0, 0.1) is 17.6 Å². The number of hydrogen-bond donors (Lipinski definition) is 1. The molecule has 12 heteroatoms. The van der Waals surface area contributed by atoms with E-state index >= 15 is 0 Å². The first-order valence-corrected chi connectivity index (χ1v) is 13.8. The molecule has 3 aromatic carbocycles. The van der Waals surface area contributed by atoms with Crippen molar-refractivity contribution in [3.8, 4) is 23.0 Å². The largest absolute Gasteiger partial charge is 0.493 e. The molecule has 1 fully saturated rings. The summed E-state index contributed by atoms with van der Waals surface area (Å²) in [6, 6.07) is 13.6. The van der Waals surface area contributed by atoms with Crippen LogP contribution in [0.3, 0.4) is 0 Å². The van der Waals surface area contributed by atoms with E-state index in [9.17, 15) is 23.2 Å². The molecular weight excluding hydrogens is 564 g/mol. The maximum absolute atomic E-state index is 14.5. The van der Waals surface area contributed by atoms with Crippen molar-refractivity contribution in [3.05, 3.63) is 82.9 Å². The second-order valence-electron chi connectivity index (χ2n) is 10.4. The fraction of sp³-hybridized carbons (Fsp3) is 0.323. The number of carbonyl (C=O) groups excluding carboxylic acids is 3. The first-order valence-electron chi connectivity index (χ1n) is 13.8. The highest BCUT2D eigenvalue weighted by atomic mass is 19.2. The summed E-state index contributed by atoms with van der Waals surface area (Å²) in [5.41, 5.74) is 0.721. The molecule has 2 bridgehead atoms. The Kier molecular flexibility index (Phi) is 7.75. The van der Waals surface area contributed by atoms with Gasteiger partial charge in [-0.25, -0.2) is 8.78 Å². The van der Waals surface area contributed by atoms with E-state index in [4.69, 9.17) is 18.9 Å². The minimum Gasteiger partial charge on any atom is -0.493 e. The van der Waals surface area contributed by atoms with E-state index in [1.807, 2.05) is 0 Å². The number of fused-ring (bicyclic) bond motifs is 5. The fourth-order valence-corrected chi connectivity index (χ4v) is 5.69. The number of nitrogens with one attached hydrogen (secondary N) is 1. The van der Waals surface area contributed by atoms with Gasteiger partial charge in [-0.1, -0.05) is 12.1 Å². The third kappa shape index (κ3) is 5.52. The van der Waals surface area contributed by atoms with Crippen molar-refractivity contribution >= 4 is 17.7 Å². The lowest BCUT2D eigenvalue weighted by Gasteiger charge is -2.24. The summed E-state index contributed by atoms with van der Waals surface area (Å²) in [6.07, 6.45) is 0. The van der Waals surface area contributed by atoms with E-state index in [0.717, 1.165) is 11.6 Å². The van der Waals surface area contributed by atoms with Crippen LogP contribution in [0.25, 0.3) is 0 Å². The zero-order valence-electron chi connectivity index (χ0n) is 23.3. The second-order valence-corrected chi connectivity index (χ2v) is 10.4. The average Bonchev–Trinajstić information content (AvgIpc) is 3.68. The van der Waals surface area contributed by atoms with Gasteiger partial charge < -0.3 is 34.1 Å². The van der Waals surface area contributed by atoms with Gasteiger partial charge >= 0.3 is 0 Å². The predicted molar refractivity (Wildman–Crippen MR) is 148 cm³/mol. The lowest BCUT2D eigenvalue weighted by Crippen LogP contribution is -2.43. The number of ether oxygens (including phenoxy) is 4. The fourth-order valence-electron chi connectivity index (χ4n) is 5.69. The molecule has 0 spiro atoms. The number of hydrogen-bond acceptors (Lipinski definition) is 7. The molecule has 0 saturated carbocycles. The zero-order valence-corrected chi connectivity index (χ0v) is 23.3. The molecule has 0 unspecified atom stereocenters. The summed E-state index contributed by atoms with van der Waals surface area (Å²) >= 11 is 0. The highest BCUT2D eigenvalue weighted by Gasteiger charge is 2.41. The van der Waals surface area contributed by atoms with Crippen molar-refractivity contribution in [2.75, 3.05) is 53.2 Å². The van der Waals surface area contributed by atoms with Gasteiger partial charge in [0.15, 0.2) is 34.6 Å². The van der Waals surface area contributed by atoms with Crippen LogP contribution in [-0.4, -0.2) is 80.8 Å². The first-order chi connectivity index (χ1) is 20.8. The zero-order chi connectivity index (χ0) is 30.1. The highest BCUT2D eigenvalue weighted by Crippen LogP contribution is 2.39. The summed E-state index contributed by atoms with van der Waals surface area (Å²) in [6.45, 7) is 0.879. The molecule has 3 amide bonds. The van der Waals surface area contributed by atoms with Crippen molar-refractivity contribution in [1.29, 1.82) is 0 Å². The summed E-state index contributed by atoms with van der Waals surface area (Å²) in [5, 5.41) is 2.91. The second kappa shape index (κ2) is 11.8. The van der Waals surface area contributed by atoms with Crippen LogP contribution < -0.4 is 24.3 Å². The van der Waals surface area contributed by atoms with Crippen molar-refractivity contribution in [1.82, 2.24) is 15.1 Å². The van der Waals surface area contributed by atoms with Crippen LogP contribution in [0.5, 0.6) is 23.0 Å². The molecule has 3 aliphatic rings. The topological polar surface area (TPSA) is 107 Å². The number of benzene rings is 3. The summed E-state index contributed by atoms with van der Waals surface area (Å²) < 4.78 is 50.7. The van der Waals surface area contributed by atoms with Crippen molar-refractivity contribution < 1.29 is 42.1 Å². The molecule has 1 saturated heterocycles. The molecule has 0 radical (unpaired) electrons. The minimum absolute atomic E-state index is 0.00660. The van der Waals surface area contributed by atoms with Crippen LogP contribution in [0.15, 0.2) is 54.6 Å². The molecule has 0 aromatic heterocycles. The highest BCUT2D eigenvalue weighted by molar-refractivity contribution is 5.96. The van der Waals surface area contributed by atoms with Gasteiger partial charge in [-0.2, -0.15) is 0 Å². The van der Waals surface area contributed by atoms with E-state index in [0.29, 0.717) is 28.6 Å². The summed E-state index contributed by atoms with van der Waals surface area (Å²) in [4.78, 5) is 43.2. The average molecular weight is 594 g/mol. The summed E-state index contributed by atoms with van der Waals surface area (Å²) in [7, 11) is 1.51. The molecule has 3 heterocycles. The van der Waals surface area contributed by atoms with Crippen LogP contribution >= 0.6 is 0 Å². The number of carbonyl (C=O) groups is 3. The van der Waals surface area contributed by atoms with Crippen molar-refractivity contribution in [2.45, 2.75) is 5.92 Å². The van der Waals surface area contributed by atoms with E-state index in [1.54, 1.807) is 41.3 Å². The quantitative estimate of drug-likeness (QED) is 0.497. The van der Waals surface area contributed by atoms with E-state index in [2.05, 4.69) is 5.32 Å². The number of likely N-dealkylation sites (tertiary alicyclic amines) is 1. The van der Waals surface area contributed by atoms with E-state index in [1.165, 1.54) is 24.1 Å². The Bertz CT molecular complexity index is 1580. The molecule has 0 aliphatic carbocycles. The number of nitrogens with zero attached hydrogens (tertiary/aromatic N) is 2. The molecule has 6 rings (SSSR count). The standard InChI is InChI=1S/C31H29F2N3O7/c1-40-24-7-5-18-13-26(24)41-12-11-35(30(38)19-6-8-25-27(14-19)43-17-42-25)10-9-34-29(37)22-16-36(15-21(18)22)31(39)20-3-2-4-23(32)28(20)33/h2-8,13-14,21-22H,9-12,15-17H2,1H3,(H,34,37)/t21-,22+/m1/s1. The first kappa shape index (κ1) is 28.3. The Hall–Kier alpha value is -4.87. The molecule has 10 nitrogen and oxygen atoms in total. The normalized spacial score (nSPS) is 19.7. The van der Waals surface area contributed by atoms with Crippen LogP contribution in [0.2, 0.25) is 0 Å². The van der Waals surface area contributed by atoms with Crippen molar-refractivity contribution in [3.63, 3.8) is 0 Å². The van der Waals surface area contributed by atoms with Gasteiger partial charge in [-0.3, -0.25) is 14.4 Å². The number of methoxy groups -OCH3 is 1. The maximum atomic E-state index is 14.5. The van der Waals surface area contributed by atoms with Gasteiger partial charge in [-0.15, -0.1) is 0 Å². The predicted octanol–water partition coefficient (Wildman–Crippen LogP) is 3.21. The van der Waals surface area contributed by atoms with Gasteiger partial charge in [0.2, 0.25) is 12.7 Å². The van der Waals surface area contributed by atoms with Gasteiger partial charge in [-0.05, 0) is 48.0 Å². The van der Waals surface area contributed by atoms with E-state index < -0.39 is 34.9 Å². The Morgan fingerprint density at radius 3 is 2.53 bits per heavy atom. The lowest BCUT2D eigenvalue weighted by molar-refractivity contribution is -0.125. The van der Waals surface area contributed by atoms with Crippen LogP contribution in [0.1, 0.15) is 32.2 Å². The van der Waals surface area contributed by atoms with E-state index in [-0.39, 0.29) is 57.9 Å². The molecule has 1 N–H and O–H groups in total.